The molecule has 1 saturated heterocycles. The first-order valence-corrected chi connectivity index (χ1v) is 3.76. The molecule has 9 heavy (non-hydrogen) atoms. The summed E-state index contributed by atoms with van der Waals surface area (Å²) in [5, 5.41) is 8.66. The van der Waals surface area contributed by atoms with Gasteiger partial charge in [-0.2, -0.15) is 0 Å². The second-order valence-electron chi connectivity index (χ2n) is 2.01. The van der Waals surface area contributed by atoms with Crippen LogP contribution in [-0.4, -0.2) is 30.5 Å². The Kier molecular flexibility index (Phi) is 3.17. The Morgan fingerprint density at radius 2 is 2.56 bits per heavy atom. The lowest BCUT2D eigenvalue weighted by Crippen LogP contribution is -2.24. The van der Waals surface area contributed by atoms with Gasteiger partial charge in [0.2, 0.25) is 0 Å². The van der Waals surface area contributed by atoms with Crippen LogP contribution in [0, 0.1) is 0 Å². The molecule has 1 heterocycles. The minimum absolute atomic E-state index is 0.0632. The van der Waals surface area contributed by atoms with Crippen LogP contribution in [0.5, 0.6) is 0 Å². The van der Waals surface area contributed by atoms with Gasteiger partial charge in [-0.05, 0) is 0 Å². The summed E-state index contributed by atoms with van der Waals surface area (Å²) in [6, 6.07) is 0. The quantitative estimate of drug-likeness (QED) is 0.719. The van der Waals surface area contributed by atoms with Crippen LogP contribution in [0.25, 0.3) is 0 Å². The summed E-state index contributed by atoms with van der Waals surface area (Å²) in [6.07, 6.45) is 0.895. The largest absolute Gasteiger partial charge is 0.394 e. The maximum atomic E-state index is 8.66. The molecule has 0 saturated carbocycles. The minimum atomic E-state index is -0.0955. The molecule has 0 aromatic heterocycles. The summed E-state index contributed by atoms with van der Waals surface area (Å²) in [5.74, 6) is 0. The number of hydrogen-bond acceptors (Lipinski definition) is 3. The second kappa shape index (κ2) is 3.70. The van der Waals surface area contributed by atoms with Crippen molar-refractivity contribution in [3.8, 4) is 0 Å². The zero-order valence-electron chi connectivity index (χ0n) is 4.92. The molecule has 0 aromatic carbocycles. The molecule has 3 nitrogen and oxygen atoms in total. The molecule has 0 amide bonds. The lowest BCUT2D eigenvalue weighted by atomic mass is 10.2. The van der Waals surface area contributed by atoms with Crippen molar-refractivity contribution in [3.63, 3.8) is 0 Å². The van der Waals surface area contributed by atoms with Crippen LogP contribution in [0.4, 0.5) is 0 Å². The Morgan fingerprint density at radius 1 is 1.78 bits per heavy atom. The molecule has 0 aliphatic carbocycles. The second-order valence-corrected chi connectivity index (χ2v) is 2.52. The number of aliphatic hydroxyl groups excluding tert-OH is 1. The smallest absolute Gasteiger partial charge is 0.110 e. The first-order valence-electron chi connectivity index (χ1n) is 2.88. The van der Waals surface area contributed by atoms with Crippen molar-refractivity contribution in [3.05, 3.63) is 0 Å². The van der Waals surface area contributed by atoms with Crippen molar-refractivity contribution in [2.75, 3.05) is 13.2 Å². The third kappa shape index (κ3) is 1.76. The van der Waals surface area contributed by atoms with E-state index in [0.29, 0.717) is 6.61 Å². The van der Waals surface area contributed by atoms with Crippen LogP contribution in [0.2, 0.25) is 0 Å². The van der Waals surface area contributed by atoms with Gasteiger partial charge in [-0.25, -0.2) is 0 Å². The zero-order valence-corrected chi connectivity index (χ0v) is 7.08. The van der Waals surface area contributed by atoms with E-state index in [-0.39, 0.29) is 18.8 Å². The molecule has 0 spiro atoms. The van der Waals surface area contributed by atoms with Crippen LogP contribution in [0.3, 0.4) is 0 Å². The lowest BCUT2D eigenvalue weighted by molar-refractivity contribution is 0.0244. The van der Waals surface area contributed by atoms with Gasteiger partial charge in [-0.15, -0.1) is 0 Å². The van der Waals surface area contributed by atoms with E-state index < -0.39 is 0 Å². The first kappa shape index (κ1) is 7.71. The predicted molar refractivity (Wildman–Crippen MR) is 40.3 cm³/mol. The molecular weight excluding hydrogens is 235 g/mol. The molecular formula is C5H9IO3. The van der Waals surface area contributed by atoms with Crippen LogP contribution in [0.15, 0.2) is 0 Å². The van der Waals surface area contributed by atoms with E-state index in [4.69, 9.17) is 12.9 Å². The number of rotatable bonds is 2. The Morgan fingerprint density at radius 3 is 3.00 bits per heavy atom. The van der Waals surface area contributed by atoms with Crippen LogP contribution < -0.4 is 0 Å². The SMILES string of the molecule is OC[C@H]1OCC[C@@H]1OI. The topological polar surface area (TPSA) is 38.7 Å². The highest BCUT2D eigenvalue weighted by Gasteiger charge is 2.27. The van der Waals surface area contributed by atoms with E-state index in [1.807, 2.05) is 23.0 Å². The monoisotopic (exact) mass is 244 g/mol. The van der Waals surface area contributed by atoms with Gasteiger partial charge in [0.25, 0.3) is 0 Å². The molecule has 0 unspecified atom stereocenters. The molecule has 4 heteroatoms. The van der Waals surface area contributed by atoms with Crippen molar-refractivity contribution >= 4 is 23.0 Å². The van der Waals surface area contributed by atoms with Crippen molar-refractivity contribution in [1.29, 1.82) is 0 Å². The van der Waals surface area contributed by atoms with Crippen LogP contribution in [-0.2, 0) is 7.80 Å². The highest BCUT2D eigenvalue weighted by molar-refractivity contribution is 14.1. The van der Waals surface area contributed by atoms with Gasteiger partial charge < -0.3 is 12.9 Å². The van der Waals surface area contributed by atoms with Crippen LogP contribution >= 0.6 is 23.0 Å². The third-order valence-corrected chi connectivity index (χ3v) is 2.10. The molecule has 0 radical (unpaired) electrons. The first-order chi connectivity index (χ1) is 4.38. The summed E-state index contributed by atoms with van der Waals surface area (Å²) in [7, 11) is 0. The molecule has 0 bridgehead atoms. The van der Waals surface area contributed by atoms with Crippen LogP contribution in [0.1, 0.15) is 6.42 Å². The highest BCUT2D eigenvalue weighted by Crippen LogP contribution is 2.18. The highest BCUT2D eigenvalue weighted by atomic mass is 127. The minimum Gasteiger partial charge on any atom is -0.394 e. The van der Waals surface area contributed by atoms with Gasteiger partial charge in [-0.1, -0.05) is 0 Å². The summed E-state index contributed by atoms with van der Waals surface area (Å²) < 4.78 is 10.1. The van der Waals surface area contributed by atoms with Gasteiger partial charge in [0, 0.05) is 13.0 Å². The fourth-order valence-electron chi connectivity index (χ4n) is 0.901. The van der Waals surface area contributed by atoms with Crippen molar-refractivity contribution in [1.82, 2.24) is 0 Å². The third-order valence-electron chi connectivity index (χ3n) is 1.44. The standard InChI is InChI=1S/C5H9IO3/c6-9-4-1-2-8-5(4)3-7/h4-5,7H,1-3H2/t4-,5+/m0/s1. The molecule has 1 N–H and O–H groups in total. The molecule has 1 rings (SSSR count). The van der Waals surface area contributed by atoms with Gasteiger partial charge >= 0.3 is 0 Å². The summed E-state index contributed by atoms with van der Waals surface area (Å²) >= 11 is 1.84. The van der Waals surface area contributed by atoms with E-state index in [1.54, 1.807) is 0 Å². The van der Waals surface area contributed by atoms with E-state index >= 15 is 0 Å². The Balaban J connectivity index is 2.32. The fraction of sp³-hybridized carbons (Fsp3) is 1.00. The number of halogens is 1. The van der Waals surface area contributed by atoms with E-state index in [0.717, 1.165) is 6.42 Å². The molecule has 1 aliphatic heterocycles. The Hall–Kier alpha value is 0.610. The van der Waals surface area contributed by atoms with Gasteiger partial charge in [0.1, 0.15) is 35.2 Å². The molecule has 1 fully saturated rings. The number of ether oxygens (including phenoxy) is 1. The Labute approximate surface area is 68.0 Å². The molecule has 2 atom stereocenters. The van der Waals surface area contributed by atoms with Crippen molar-refractivity contribution < 1.29 is 12.9 Å². The average Bonchev–Trinajstić information content (AvgIpc) is 2.33. The number of hydrogen-bond donors (Lipinski definition) is 1. The van der Waals surface area contributed by atoms with Crippen molar-refractivity contribution in [2.24, 2.45) is 0 Å². The van der Waals surface area contributed by atoms with Gasteiger partial charge in [0.15, 0.2) is 0 Å². The molecule has 0 aromatic rings. The summed E-state index contributed by atoms with van der Waals surface area (Å²) in [5.41, 5.74) is 0. The van der Waals surface area contributed by atoms with E-state index in [1.165, 1.54) is 0 Å². The van der Waals surface area contributed by atoms with Gasteiger partial charge in [0.05, 0.1) is 6.61 Å². The normalized spacial score (nSPS) is 35.3. The fourth-order valence-corrected chi connectivity index (χ4v) is 1.48. The van der Waals surface area contributed by atoms with E-state index in [2.05, 4.69) is 0 Å². The molecule has 1 aliphatic rings. The maximum Gasteiger partial charge on any atom is 0.110 e. The summed E-state index contributed by atoms with van der Waals surface area (Å²) in [4.78, 5) is 0. The van der Waals surface area contributed by atoms with E-state index in [9.17, 15) is 0 Å². The average molecular weight is 244 g/mol. The van der Waals surface area contributed by atoms with Gasteiger partial charge in [-0.3, -0.25) is 0 Å². The summed E-state index contributed by atoms with van der Waals surface area (Å²) in [6.45, 7) is 0.770. The zero-order chi connectivity index (χ0) is 6.69. The molecule has 54 valence electrons. The lowest BCUT2D eigenvalue weighted by Gasteiger charge is -2.11. The Bertz CT molecular complexity index is 78.3. The predicted octanol–water partition coefficient (Wildman–Crippen LogP) is 0.503. The number of aliphatic hydroxyl groups is 1. The van der Waals surface area contributed by atoms with Crippen molar-refractivity contribution in [2.45, 2.75) is 18.6 Å². The maximum absolute atomic E-state index is 8.66.